The van der Waals surface area contributed by atoms with E-state index < -0.39 is 11.4 Å². The van der Waals surface area contributed by atoms with E-state index in [2.05, 4.69) is 0 Å². The Morgan fingerprint density at radius 3 is 1.43 bits per heavy atom. The van der Waals surface area contributed by atoms with Gasteiger partial charge in [0.05, 0.1) is 5.41 Å². The van der Waals surface area contributed by atoms with Crippen LogP contribution in [0.4, 0.5) is 0 Å². The van der Waals surface area contributed by atoms with Gasteiger partial charge in [0.15, 0.2) is 0 Å². The molecular weight excluding hydrogens is 184 g/mol. The van der Waals surface area contributed by atoms with Crippen molar-refractivity contribution in [3.05, 3.63) is 0 Å². The maximum absolute atomic E-state index is 10.0. The lowest BCUT2D eigenvalue weighted by Crippen LogP contribution is -2.18. The molecule has 14 heavy (non-hydrogen) atoms. The molecular formula is C10H22O4. The van der Waals surface area contributed by atoms with Crippen LogP contribution >= 0.6 is 0 Å². The van der Waals surface area contributed by atoms with Gasteiger partial charge in [-0.1, -0.05) is 0 Å². The van der Waals surface area contributed by atoms with Crippen molar-refractivity contribution in [2.45, 2.75) is 40.0 Å². The Bertz CT molecular complexity index is 134. The number of aliphatic hydroxyl groups excluding tert-OH is 2. The minimum atomic E-state index is -0.757. The van der Waals surface area contributed by atoms with Crippen LogP contribution < -0.4 is 0 Å². The monoisotopic (exact) mass is 206 g/mol. The highest BCUT2D eigenvalue weighted by Crippen LogP contribution is 2.11. The zero-order valence-electron chi connectivity index (χ0n) is 9.29. The van der Waals surface area contributed by atoms with Gasteiger partial charge in [0.25, 0.3) is 0 Å². The second kappa shape index (κ2) is 8.97. The van der Waals surface area contributed by atoms with Crippen molar-refractivity contribution < 1.29 is 20.1 Å². The van der Waals surface area contributed by atoms with Gasteiger partial charge in [0, 0.05) is 13.2 Å². The fourth-order valence-electron chi connectivity index (χ4n) is 0.400. The molecule has 0 radical (unpaired) electrons. The molecule has 0 unspecified atom stereocenters. The molecule has 0 heterocycles. The predicted molar refractivity (Wildman–Crippen MR) is 55.1 cm³/mol. The van der Waals surface area contributed by atoms with Crippen molar-refractivity contribution >= 4 is 5.97 Å². The number of carboxylic acid groups (broad SMARTS) is 1. The van der Waals surface area contributed by atoms with Crippen molar-refractivity contribution in [2.24, 2.45) is 5.41 Å². The first-order chi connectivity index (χ1) is 6.36. The summed E-state index contributed by atoms with van der Waals surface area (Å²) in [5.74, 6) is -0.757. The van der Waals surface area contributed by atoms with Gasteiger partial charge in [0.1, 0.15) is 0 Å². The number of aliphatic hydroxyl groups is 2. The van der Waals surface area contributed by atoms with Crippen LogP contribution in [0.15, 0.2) is 0 Å². The molecule has 0 aliphatic carbocycles. The summed E-state index contributed by atoms with van der Waals surface area (Å²) in [6.07, 6.45) is 2.58. The molecule has 0 aliphatic heterocycles. The van der Waals surface area contributed by atoms with E-state index >= 15 is 0 Å². The lowest BCUT2D eigenvalue weighted by Gasteiger charge is -2.08. The Labute approximate surface area is 85.6 Å². The Morgan fingerprint density at radius 1 is 1.00 bits per heavy atom. The topological polar surface area (TPSA) is 77.8 Å². The van der Waals surface area contributed by atoms with Gasteiger partial charge in [-0.25, -0.2) is 0 Å². The van der Waals surface area contributed by atoms with Crippen molar-refractivity contribution in [1.82, 2.24) is 0 Å². The number of rotatable bonds is 4. The SMILES string of the molecule is CC(C)(C)C(=O)O.OCCCCCO. The van der Waals surface area contributed by atoms with E-state index in [0.717, 1.165) is 19.3 Å². The average Bonchev–Trinajstić information content (AvgIpc) is 2.05. The Balaban J connectivity index is 0. The van der Waals surface area contributed by atoms with Crippen LogP contribution in [0.1, 0.15) is 40.0 Å². The summed E-state index contributed by atoms with van der Waals surface area (Å²) in [4.78, 5) is 10.0. The zero-order valence-corrected chi connectivity index (χ0v) is 9.29. The van der Waals surface area contributed by atoms with Crippen molar-refractivity contribution in [1.29, 1.82) is 0 Å². The molecule has 0 aliphatic rings. The van der Waals surface area contributed by atoms with Gasteiger partial charge >= 0.3 is 5.97 Å². The van der Waals surface area contributed by atoms with Gasteiger partial charge in [0.2, 0.25) is 0 Å². The third-order valence-electron chi connectivity index (χ3n) is 1.46. The summed E-state index contributed by atoms with van der Waals surface area (Å²) >= 11 is 0. The third-order valence-corrected chi connectivity index (χ3v) is 1.46. The van der Waals surface area contributed by atoms with Crippen molar-refractivity contribution in [2.75, 3.05) is 13.2 Å². The second-order valence-corrected chi connectivity index (χ2v) is 4.06. The fourth-order valence-corrected chi connectivity index (χ4v) is 0.400. The molecule has 0 amide bonds. The molecule has 0 bridgehead atoms. The molecule has 0 aromatic heterocycles. The van der Waals surface area contributed by atoms with Crippen LogP contribution in [-0.2, 0) is 4.79 Å². The molecule has 0 rings (SSSR count). The number of carboxylic acids is 1. The number of unbranched alkanes of at least 4 members (excludes halogenated alkanes) is 2. The van der Waals surface area contributed by atoms with E-state index in [1.54, 1.807) is 20.8 Å². The molecule has 0 spiro atoms. The molecule has 4 heteroatoms. The molecule has 4 nitrogen and oxygen atoms in total. The lowest BCUT2D eigenvalue weighted by atomic mass is 9.98. The standard InChI is InChI=1S/C5H10O2.C5H12O2/c1-5(2,3)4(6)7;6-4-2-1-3-5-7/h1-3H3,(H,6,7);6-7H,1-5H2. The molecule has 0 saturated carbocycles. The molecule has 86 valence electrons. The van der Waals surface area contributed by atoms with Gasteiger partial charge in [-0.15, -0.1) is 0 Å². The maximum Gasteiger partial charge on any atom is 0.308 e. The van der Waals surface area contributed by atoms with E-state index in [9.17, 15) is 4.79 Å². The van der Waals surface area contributed by atoms with Gasteiger partial charge in [-0.3, -0.25) is 4.79 Å². The average molecular weight is 206 g/mol. The molecule has 0 aromatic rings. The van der Waals surface area contributed by atoms with Crippen LogP contribution in [0.3, 0.4) is 0 Å². The van der Waals surface area contributed by atoms with E-state index in [4.69, 9.17) is 15.3 Å². The van der Waals surface area contributed by atoms with Gasteiger partial charge in [-0.05, 0) is 40.0 Å². The zero-order chi connectivity index (χ0) is 11.6. The summed E-state index contributed by atoms with van der Waals surface area (Å²) in [7, 11) is 0. The smallest absolute Gasteiger partial charge is 0.308 e. The van der Waals surface area contributed by atoms with Crippen molar-refractivity contribution in [3.63, 3.8) is 0 Å². The maximum atomic E-state index is 10.0. The quantitative estimate of drug-likeness (QED) is 0.605. The summed E-state index contributed by atoms with van der Waals surface area (Å²) in [5, 5.41) is 24.7. The highest BCUT2D eigenvalue weighted by Gasteiger charge is 2.18. The lowest BCUT2D eigenvalue weighted by molar-refractivity contribution is -0.145. The normalized spacial score (nSPS) is 10.4. The van der Waals surface area contributed by atoms with E-state index in [0.29, 0.717) is 0 Å². The summed E-state index contributed by atoms with van der Waals surface area (Å²) in [5.41, 5.74) is -0.583. The largest absolute Gasteiger partial charge is 0.481 e. The van der Waals surface area contributed by atoms with E-state index in [1.165, 1.54) is 0 Å². The van der Waals surface area contributed by atoms with E-state index in [-0.39, 0.29) is 13.2 Å². The first-order valence-electron chi connectivity index (χ1n) is 4.81. The summed E-state index contributed by atoms with van der Waals surface area (Å²) in [6, 6.07) is 0. The molecule has 3 N–H and O–H groups in total. The summed E-state index contributed by atoms with van der Waals surface area (Å²) in [6.45, 7) is 5.49. The number of hydrogen-bond donors (Lipinski definition) is 3. The minimum absolute atomic E-state index is 0.250. The van der Waals surface area contributed by atoms with Crippen molar-refractivity contribution in [3.8, 4) is 0 Å². The first-order valence-corrected chi connectivity index (χ1v) is 4.81. The van der Waals surface area contributed by atoms with Gasteiger partial charge in [-0.2, -0.15) is 0 Å². The van der Waals surface area contributed by atoms with Crippen LogP contribution in [-0.4, -0.2) is 34.5 Å². The first kappa shape index (κ1) is 15.8. The Kier molecular flexibility index (Phi) is 10.1. The molecule has 0 atom stereocenters. The number of aliphatic carboxylic acids is 1. The van der Waals surface area contributed by atoms with Crippen LogP contribution in [0, 0.1) is 5.41 Å². The highest BCUT2D eigenvalue weighted by atomic mass is 16.4. The van der Waals surface area contributed by atoms with E-state index in [1.807, 2.05) is 0 Å². The molecule has 0 aromatic carbocycles. The predicted octanol–water partition coefficient (Wildman–Crippen LogP) is 1.26. The Hall–Kier alpha value is -0.610. The van der Waals surface area contributed by atoms with Gasteiger partial charge < -0.3 is 15.3 Å². The Morgan fingerprint density at radius 2 is 1.29 bits per heavy atom. The van der Waals surface area contributed by atoms with Crippen LogP contribution in [0.2, 0.25) is 0 Å². The summed E-state index contributed by atoms with van der Waals surface area (Å²) < 4.78 is 0. The van der Waals surface area contributed by atoms with Crippen LogP contribution in [0.5, 0.6) is 0 Å². The second-order valence-electron chi connectivity index (χ2n) is 4.06. The molecule has 0 saturated heterocycles. The minimum Gasteiger partial charge on any atom is -0.481 e. The molecule has 0 fully saturated rings. The number of carbonyl (C=O) groups is 1. The fraction of sp³-hybridized carbons (Fsp3) is 0.900. The number of hydrogen-bond acceptors (Lipinski definition) is 3. The highest BCUT2D eigenvalue weighted by molar-refractivity contribution is 5.72. The van der Waals surface area contributed by atoms with Crippen LogP contribution in [0.25, 0.3) is 0 Å². The third kappa shape index (κ3) is 13.9.